The highest BCUT2D eigenvalue weighted by Gasteiger charge is 2.37. The highest BCUT2D eigenvalue weighted by atomic mass is 16.3. The smallest absolute Gasteiger partial charge is 0.271 e. The predicted octanol–water partition coefficient (Wildman–Crippen LogP) is 2.07. The largest absolute Gasteiger partial charge is 0.508 e. The lowest BCUT2D eigenvalue weighted by atomic mass is 9.74. The van der Waals surface area contributed by atoms with Gasteiger partial charge in [0, 0.05) is 17.2 Å². The van der Waals surface area contributed by atoms with Crippen molar-refractivity contribution >= 4 is 11.6 Å². The van der Waals surface area contributed by atoms with Gasteiger partial charge in [0.1, 0.15) is 5.75 Å². The summed E-state index contributed by atoms with van der Waals surface area (Å²) in [7, 11) is 0. The number of nitrogens with zero attached hydrogens (tertiary/aromatic N) is 1. The zero-order chi connectivity index (χ0) is 12.5. The molecule has 18 heavy (non-hydrogen) atoms. The molecule has 1 aromatic carbocycles. The second-order valence-electron chi connectivity index (χ2n) is 4.74. The van der Waals surface area contributed by atoms with Gasteiger partial charge in [0.15, 0.2) is 0 Å². The molecule has 4 heteroatoms. The molecule has 0 heterocycles. The summed E-state index contributed by atoms with van der Waals surface area (Å²) in [5.74, 6) is 1.04. The van der Waals surface area contributed by atoms with Crippen molar-refractivity contribution in [2.75, 3.05) is 0 Å². The molecule has 0 radical (unpaired) electrons. The zero-order valence-electron chi connectivity index (χ0n) is 9.84. The van der Waals surface area contributed by atoms with Crippen LogP contribution in [-0.4, -0.2) is 16.7 Å². The molecule has 4 nitrogen and oxygen atoms in total. The van der Waals surface area contributed by atoms with Gasteiger partial charge in [0.2, 0.25) is 0 Å². The van der Waals surface area contributed by atoms with E-state index in [2.05, 4.69) is 22.7 Å². The molecule has 2 atom stereocenters. The lowest BCUT2D eigenvalue weighted by Crippen LogP contribution is -2.35. The van der Waals surface area contributed by atoms with Crippen molar-refractivity contribution in [2.45, 2.75) is 12.8 Å². The Morgan fingerprint density at radius 3 is 2.83 bits per heavy atom. The third-order valence-corrected chi connectivity index (χ3v) is 3.58. The van der Waals surface area contributed by atoms with Crippen LogP contribution >= 0.6 is 0 Å². The first-order valence-electron chi connectivity index (χ1n) is 6.06. The molecular weight excluding hydrogens is 228 g/mol. The molecule has 92 valence electrons. The van der Waals surface area contributed by atoms with Crippen molar-refractivity contribution in [2.24, 2.45) is 16.9 Å². The fourth-order valence-electron chi connectivity index (χ4n) is 2.46. The van der Waals surface area contributed by atoms with E-state index in [1.807, 2.05) is 0 Å². The van der Waals surface area contributed by atoms with Crippen molar-refractivity contribution < 1.29 is 9.90 Å². The Morgan fingerprint density at radius 2 is 2.11 bits per heavy atom. The van der Waals surface area contributed by atoms with Crippen molar-refractivity contribution in [3.05, 3.63) is 42.0 Å². The molecular formula is C14H14N2O2. The van der Waals surface area contributed by atoms with Crippen LogP contribution in [0.3, 0.4) is 0 Å². The lowest BCUT2D eigenvalue weighted by molar-refractivity contribution is 0.0954. The molecule has 2 aliphatic carbocycles. The summed E-state index contributed by atoms with van der Waals surface area (Å²) in [5.41, 5.74) is 4.12. The number of carbonyl (C=O) groups is 1. The van der Waals surface area contributed by atoms with Crippen LogP contribution in [0.4, 0.5) is 0 Å². The maximum absolute atomic E-state index is 11.8. The summed E-state index contributed by atoms with van der Waals surface area (Å²) >= 11 is 0. The summed E-state index contributed by atoms with van der Waals surface area (Å²) in [4.78, 5) is 11.8. The summed E-state index contributed by atoms with van der Waals surface area (Å²) in [5, 5.41) is 13.3. The number of fused-ring (bicyclic) bond motifs is 1. The topological polar surface area (TPSA) is 61.7 Å². The van der Waals surface area contributed by atoms with E-state index in [0.717, 1.165) is 18.6 Å². The lowest BCUT2D eigenvalue weighted by Gasteiger charge is -2.31. The quantitative estimate of drug-likeness (QED) is 0.616. The van der Waals surface area contributed by atoms with Gasteiger partial charge in [-0.3, -0.25) is 4.79 Å². The number of hydrazone groups is 1. The van der Waals surface area contributed by atoms with Crippen LogP contribution in [-0.2, 0) is 0 Å². The van der Waals surface area contributed by atoms with Gasteiger partial charge in [-0.05, 0) is 43.0 Å². The molecule has 1 aromatic rings. The van der Waals surface area contributed by atoms with Crippen molar-refractivity contribution in [1.82, 2.24) is 5.43 Å². The summed E-state index contributed by atoms with van der Waals surface area (Å²) < 4.78 is 0. The first-order chi connectivity index (χ1) is 8.74. The summed E-state index contributed by atoms with van der Waals surface area (Å²) in [6.45, 7) is 0. The van der Waals surface area contributed by atoms with Gasteiger partial charge in [-0.1, -0.05) is 12.2 Å². The Morgan fingerprint density at radius 1 is 1.33 bits per heavy atom. The average molecular weight is 242 g/mol. The van der Waals surface area contributed by atoms with Gasteiger partial charge in [-0.2, -0.15) is 5.10 Å². The van der Waals surface area contributed by atoms with E-state index < -0.39 is 0 Å². The van der Waals surface area contributed by atoms with Gasteiger partial charge in [0.25, 0.3) is 5.91 Å². The number of hydrogen-bond acceptors (Lipinski definition) is 3. The van der Waals surface area contributed by atoms with Gasteiger partial charge < -0.3 is 5.11 Å². The molecule has 0 unspecified atom stereocenters. The van der Waals surface area contributed by atoms with Crippen molar-refractivity contribution in [1.29, 1.82) is 0 Å². The Hall–Kier alpha value is -2.10. The maximum atomic E-state index is 11.8. The molecule has 0 aliphatic heterocycles. The molecule has 0 spiro atoms. The molecule has 0 saturated heterocycles. The summed E-state index contributed by atoms with van der Waals surface area (Å²) in [6.07, 6.45) is 6.46. The average Bonchev–Trinajstić information content (AvgIpc) is 2.72. The number of hydrogen-bond donors (Lipinski definition) is 2. The highest BCUT2D eigenvalue weighted by molar-refractivity contribution is 5.98. The number of nitrogens with one attached hydrogen (secondary N) is 1. The van der Waals surface area contributed by atoms with Gasteiger partial charge >= 0.3 is 0 Å². The predicted molar refractivity (Wildman–Crippen MR) is 68.4 cm³/mol. The number of aromatic hydroxyl groups is 1. The Bertz CT molecular complexity index is 531. The standard InChI is InChI=1S/C14H14N2O2/c17-11-6-4-9(5-7-11)14(18)16-15-13-8-10-2-1-3-12(10)13/h1,3-7,10,12,17H,2,8H2,(H,16,18)/b15-13-/t10-,12+/m1/s1. The van der Waals surface area contributed by atoms with Gasteiger partial charge in [-0.15, -0.1) is 0 Å². The fourth-order valence-corrected chi connectivity index (χ4v) is 2.46. The van der Waals surface area contributed by atoms with Crippen LogP contribution in [0.15, 0.2) is 41.5 Å². The highest BCUT2D eigenvalue weighted by Crippen LogP contribution is 2.40. The van der Waals surface area contributed by atoms with Crippen LogP contribution < -0.4 is 5.43 Å². The Balaban J connectivity index is 1.63. The maximum Gasteiger partial charge on any atom is 0.271 e. The first kappa shape index (κ1) is 11.0. The molecule has 1 amide bonds. The number of rotatable bonds is 2. The van der Waals surface area contributed by atoms with Crippen molar-refractivity contribution in [3.63, 3.8) is 0 Å². The van der Waals surface area contributed by atoms with Crippen LogP contribution in [0.5, 0.6) is 5.75 Å². The van der Waals surface area contributed by atoms with Gasteiger partial charge in [-0.25, -0.2) is 5.43 Å². The van der Waals surface area contributed by atoms with Crippen LogP contribution in [0.1, 0.15) is 23.2 Å². The third-order valence-electron chi connectivity index (χ3n) is 3.58. The molecule has 1 fully saturated rings. The molecule has 0 aromatic heterocycles. The number of amides is 1. The van der Waals surface area contributed by atoms with Crippen LogP contribution in [0.2, 0.25) is 0 Å². The fraction of sp³-hybridized carbons (Fsp3) is 0.286. The zero-order valence-corrected chi connectivity index (χ0v) is 9.84. The monoisotopic (exact) mass is 242 g/mol. The van der Waals surface area contributed by atoms with E-state index in [0.29, 0.717) is 17.4 Å². The minimum Gasteiger partial charge on any atom is -0.508 e. The summed E-state index contributed by atoms with van der Waals surface area (Å²) in [6, 6.07) is 6.12. The van der Waals surface area contributed by atoms with Gasteiger partial charge in [0.05, 0.1) is 0 Å². The van der Waals surface area contributed by atoms with E-state index >= 15 is 0 Å². The Kier molecular flexibility index (Phi) is 2.63. The molecule has 2 N–H and O–H groups in total. The van der Waals surface area contributed by atoms with E-state index in [-0.39, 0.29) is 11.7 Å². The number of carbonyl (C=O) groups excluding carboxylic acids is 1. The molecule has 0 bridgehead atoms. The van der Waals surface area contributed by atoms with E-state index in [1.54, 1.807) is 12.1 Å². The van der Waals surface area contributed by atoms with E-state index in [4.69, 9.17) is 5.11 Å². The number of phenols is 1. The molecule has 3 rings (SSSR count). The van der Waals surface area contributed by atoms with E-state index in [1.165, 1.54) is 12.1 Å². The van der Waals surface area contributed by atoms with Crippen molar-refractivity contribution in [3.8, 4) is 5.75 Å². The van der Waals surface area contributed by atoms with E-state index in [9.17, 15) is 4.79 Å². The number of benzene rings is 1. The second-order valence-corrected chi connectivity index (χ2v) is 4.74. The van der Waals surface area contributed by atoms with Crippen LogP contribution in [0, 0.1) is 11.8 Å². The first-order valence-corrected chi connectivity index (χ1v) is 6.06. The molecule has 2 aliphatic rings. The minimum atomic E-state index is -0.243. The number of allylic oxidation sites excluding steroid dienone is 2. The second kappa shape index (κ2) is 4.29. The number of phenolic OH excluding ortho intramolecular Hbond substituents is 1. The van der Waals surface area contributed by atoms with Crippen LogP contribution in [0.25, 0.3) is 0 Å². The minimum absolute atomic E-state index is 0.149. The normalized spacial score (nSPS) is 26.8. The molecule has 1 saturated carbocycles. The SMILES string of the molecule is O=C(N/N=C1/C[C@H]2CC=C[C@H]12)c1ccc(O)cc1. The third kappa shape index (κ3) is 1.90. The Labute approximate surface area is 105 Å².